The molecule has 1 aliphatic rings. The van der Waals surface area contributed by atoms with Crippen LogP contribution in [0.25, 0.3) is 11.2 Å². The van der Waals surface area contributed by atoms with E-state index in [9.17, 15) is 29.1 Å². The smallest absolute Gasteiger partial charge is 0.756 e. The number of phosphoric ester groups is 1. The monoisotopic (exact) mass is 563 g/mol. The summed E-state index contributed by atoms with van der Waals surface area (Å²) in [6.07, 6.45) is -3.40. The Morgan fingerprint density at radius 3 is 2.57 bits per heavy atom. The van der Waals surface area contributed by atoms with E-state index in [4.69, 9.17) is 15.4 Å². The number of aliphatic hydroxyl groups excluding tert-OH is 2. The van der Waals surface area contributed by atoms with E-state index in [2.05, 4.69) is 23.8 Å². The quantitative estimate of drug-likeness (QED) is 0.198. The fourth-order valence-electron chi connectivity index (χ4n) is 2.47. The average molecular weight is 563 g/mol. The first-order valence-corrected chi connectivity index (χ1v) is 10.1. The first kappa shape index (κ1) is 24.3. The van der Waals surface area contributed by atoms with E-state index in [1.165, 1.54) is 10.9 Å². The molecule has 3 heterocycles. The number of rotatable bonds is 6. The predicted molar refractivity (Wildman–Crippen MR) is 85.9 cm³/mol. The summed E-state index contributed by atoms with van der Waals surface area (Å²) in [5, 5.41) is 20.2. The molecule has 28 heavy (non-hydrogen) atoms. The molecule has 0 spiro atoms. The number of nitrogens with zero attached hydrogens (tertiary/aromatic N) is 4. The van der Waals surface area contributed by atoms with Gasteiger partial charge < -0.3 is 39.9 Å². The summed E-state index contributed by atoms with van der Waals surface area (Å²) in [6, 6.07) is 0. The van der Waals surface area contributed by atoms with Crippen molar-refractivity contribution in [3.05, 3.63) is 12.7 Å². The third kappa shape index (κ3) is 5.40. The van der Waals surface area contributed by atoms with Gasteiger partial charge in [-0.15, -0.1) is 0 Å². The van der Waals surface area contributed by atoms with Crippen molar-refractivity contribution in [3.8, 4) is 0 Å². The minimum absolute atomic E-state index is 0. The maximum atomic E-state index is 11.3. The van der Waals surface area contributed by atoms with Crippen molar-refractivity contribution in [1.82, 2.24) is 19.5 Å². The van der Waals surface area contributed by atoms with Crippen molar-refractivity contribution < 1.29 is 47.6 Å². The third-order valence-corrected chi connectivity index (χ3v) is 5.69. The first-order valence-electron chi connectivity index (χ1n) is 7.14. The Bertz CT molecular complexity index is 938. The van der Waals surface area contributed by atoms with Crippen molar-refractivity contribution in [2.24, 2.45) is 0 Å². The fourth-order valence-corrected chi connectivity index (χ4v) is 4.00. The Labute approximate surface area is 196 Å². The molecule has 15 nitrogen and oxygen atoms in total. The van der Waals surface area contributed by atoms with Gasteiger partial charge in [-0.25, -0.2) is 19.3 Å². The van der Waals surface area contributed by atoms with Crippen LogP contribution in [0.1, 0.15) is 6.23 Å². The van der Waals surface area contributed by atoms with Crippen LogP contribution in [0.3, 0.4) is 0 Å². The Hall–Kier alpha value is 0.0614. The Morgan fingerprint density at radius 2 is 1.93 bits per heavy atom. The predicted octanol–water partition coefficient (Wildman–Crippen LogP) is -3.39. The maximum absolute atomic E-state index is 11.3. The van der Waals surface area contributed by atoms with E-state index in [0.29, 0.717) is 0 Å². The van der Waals surface area contributed by atoms with Crippen LogP contribution in [-0.2, 0) is 22.7 Å². The van der Waals surface area contributed by atoms with E-state index in [0.717, 1.165) is 6.33 Å². The molecule has 2 aromatic heterocycles. The molecule has 1 fully saturated rings. The van der Waals surface area contributed by atoms with E-state index in [1.54, 1.807) is 0 Å². The van der Waals surface area contributed by atoms with Gasteiger partial charge in [0.1, 0.15) is 30.2 Å². The Kier molecular flexibility index (Phi) is 7.87. The molecule has 1 saturated heterocycles. The molecule has 1 aliphatic heterocycles. The van der Waals surface area contributed by atoms with Crippen LogP contribution in [0.2, 0.25) is 0 Å². The molecule has 18 heteroatoms. The molecule has 2 aromatic rings. The molecular weight excluding hydrogens is 549 g/mol. The van der Waals surface area contributed by atoms with Crippen LogP contribution in [0, 0.1) is 0 Å². The summed E-state index contributed by atoms with van der Waals surface area (Å²) >= 11 is 0. The van der Waals surface area contributed by atoms with Crippen molar-refractivity contribution in [1.29, 1.82) is 0 Å². The fraction of sp³-hybridized carbons (Fsp3) is 0.500. The number of imidazole rings is 1. The Balaban J connectivity index is 0.00000280. The number of hydrogen-bond acceptors (Lipinski definition) is 13. The molecule has 0 bridgehead atoms. The molecule has 0 radical (unpaired) electrons. The average Bonchev–Trinajstić information content (AvgIpc) is 3.07. The molecular formula is C10H13BaN5O10P2. The molecule has 3 rings (SSSR count). The summed E-state index contributed by atoms with van der Waals surface area (Å²) in [5.74, 6) is 0.0714. The number of ether oxygens (including phenoxy) is 1. The summed E-state index contributed by atoms with van der Waals surface area (Å²) in [6.45, 7) is -0.904. The largest absolute Gasteiger partial charge is 2.00 e. The van der Waals surface area contributed by atoms with Crippen LogP contribution in [-0.4, -0.2) is 108 Å². The van der Waals surface area contributed by atoms with Gasteiger partial charge in [-0.2, -0.15) is 0 Å². The van der Waals surface area contributed by atoms with Crippen LogP contribution in [0.5, 0.6) is 0 Å². The zero-order valence-electron chi connectivity index (χ0n) is 13.8. The SMILES string of the molecule is Nc1ncnc2c1ncn2[C@@H]1O[C@H](COP(=O)([O-])OP(=O)([O-])O)[C@@H](O)[C@H]1O.[Ba+2]. The van der Waals surface area contributed by atoms with Gasteiger partial charge in [-0.3, -0.25) is 13.7 Å². The number of aliphatic hydroxyl groups is 2. The van der Waals surface area contributed by atoms with E-state index >= 15 is 0 Å². The van der Waals surface area contributed by atoms with Crippen molar-refractivity contribution in [3.63, 3.8) is 0 Å². The normalized spacial score (nSPS) is 29.2. The summed E-state index contributed by atoms with van der Waals surface area (Å²) in [7, 11) is -11.0. The molecule has 0 aliphatic carbocycles. The topological polar surface area (TPSA) is 238 Å². The standard InChI is InChI=1S/C10H15N5O10P2.Ba/c11-8-5-9(13-2-12-8)15(3-14-5)10-7(17)6(16)4(24-10)1-23-27(21,22)25-26(18,19)20;/h2-4,6-7,10,16-17H,1H2,(H,21,22)(H2,11,12,13)(H2,18,19,20);/q;+2/p-2/t4-,6-,7-,10-;/m1./s1. The van der Waals surface area contributed by atoms with Crippen molar-refractivity contribution in [2.75, 3.05) is 12.3 Å². The van der Waals surface area contributed by atoms with Crippen LogP contribution < -0.4 is 15.5 Å². The molecule has 0 aromatic carbocycles. The zero-order valence-corrected chi connectivity index (χ0v) is 20.1. The summed E-state index contributed by atoms with van der Waals surface area (Å²) < 4.78 is 36.1. The molecule has 5 N–H and O–H groups in total. The second-order valence-corrected chi connectivity index (χ2v) is 8.17. The minimum Gasteiger partial charge on any atom is -0.756 e. The van der Waals surface area contributed by atoms with Crippen molar-refractivity contribution in [2.45, 2.75) is 24.5 Å². The van der Waals surface area contributed by atoms with Crippen LogP contribution in [0.15, 0.2) is 12.7 Å². The van der Waals surface area contributed by atoms with Gasteiger partial charge in [0.25, 0.3) is 15.6 Å². The Morgan fingerprint density at radius 1 is 1.25 bits per heavy atom. The minimum atomic E-state index is -5.60. The zero-order chi connectivity index (χ0) is 20.0. The van der Waals surface area contributed by atoms with Gasteiger partial charge in [0.05, 0.1) is 12.9 Å². The maximum Gasteiger partial charge on any atom is 2.00 e. The third-order valence-electron chi connectivity index (χ3n) is 3.60. The number of aromatic nitrogens is 4. The van der Waals surface area contributed by atoms with Crippen LogP contribution in [0.4, 0.5) is 5.82 Å². The van der Waals surface area contributed by atoms with E-state index in [-0.39, 0.29) is 65.9 Å². The molecule has 0 amide bonds. The van der Waals surface area contributed by atoms with Gasteiger partial charge in [0, 0.05) is 0 Å². The number of phosphoric acid groups is 2. The molecule has 0 saturated carbocycles. The number of nitrogens with two attached hydrogens (primary N) is 1. The van der Waals surface area contributed by atoms with Gasteiger partial charge in [0.2, 0.25) is 0 Å². The second kappa shape index (κ2) is 9.05. The van der Waals surface area contributed by atoms with Crippen molar-refractivity contribution >= 4 is 81.5 Å². The molecule has 6 atom stereocenters. The second-order valence-electron chi connectivity index (χ2n) is 5.42. The first-order chi connectivity index (χ1) is 12.5. The summed E-state index contributed by atoms with van der Waals surface area (Å²) in [4.78, 5) is 41.9. The van der Waals surface area contributed by atoms with Gasteiger partial charge in [0.15, 0.2) is 17.7 Å². The molecule has 2 unspecified atom stereocenters. The van der Waals surface area contributed by atoms with Crippen LogP contribution >= 0.6 is 15.6 Å². The van der Waals surface area contributed by atoms with E-state index in [1.807, 2.05) is 0 Å². The van der Waals surface area contributed by atoms with Gasteiger partial charge in [-0.1, -0.05) is 0 Å². The summed E-state index contributed by atoms with van der Waals surface area (Å²) in [5.41, 5.74) is 6.06. The molecule has 150 valence electrons. The van der Waals surface area contributed by atoms with Gasteiger partial charge >= 0.3 is 48.9 Å². The number of fused-ring (bicyclic) bond motifs is 1. The number of nitrogen functional groups attached to an aromatic ring is 1. The number of hydrogen-bond donors (Lipinski definition) is 4. The number of anilines is 1. The van der Waals surface area contributed by atoms with E-state index < -0.39 is 46.8 Å². The van der Waals surface area contributed by atoms with Gasteiger partial charge in [-0.05, 0) is 0 Å².